The second-order valence-corrected chi connectivity index (χ2v) is 6.73. The maximum absolute atomic E-state index is 11.7. The van der Waals surface area contributed by atoms with Gasteiger partial charge in [-0.15, -0.1) is 0 Å². The minimum atomic E-state index is -2.01. The van der Waals surface area contributed by atoms with Crippen molar-refractivity contribution in [3.8, 4) is 0 Å². The zero-order valence-electron chi connectivity index (χ0n) is 16.8. The lowest BCUT2D eigenvalue weighted by atomic mass is 9.89. The van der Waals surface area contributed by atoms with Gasteiger partial charge in [0.05, 0.1) is 6.61 Å². The van der Waals surface area contributed by atoms with Crippen molar-refractivity contribution in [1.82, 2.24) is 0 Å². The van der Waals surface area contributed by atoms with Crippen LogP contribution in [0.3, 0.4) is 0 Å². The molecule has 0 saturated carbocycles. The van der Waals surface area contributed by atoms with Crippen molar-refractivity contribution in [3.05, 3.63) is 46.0 Å². The molecule has 1 fully saturated rings. The first-order chi connectivity index (χ1) is 14.1. The molecule has 0 spiro atoms. The Balaban J connectivity index is 2.38. The van der Waals surface area contributed by atoms with E-state index in [1.54, 1.807) is 24.3 Å². The molecule has 11 heteroatoms. The number of ether oxygens (including phenoxy) is 5. The van der Waals surface area contributed by atoms with Crippen LogP contribution in [0.15, 0.2) is 30.3 Å². The van der Waals surface area contributed by atoms with E-state index < -0.39 is 60.1 Å². The highest BCUT2D eigenvalue weighted by Crippen LogP contribution is 2.34. The summed E-state index contributed by atoms with van der Waals surface area (Å²) in [5.74, 6) is -2.45. The smallest absolute Gasteiger partial charge is 0.303 e. The number of esters is 3. The van der Waals surface area contributed by atoms with E-state index in [2.05, 4.69) is 0 Å². The predicted molar refractivity (Wildman–Crippen MR) is 98.4 cm³/mol. The van der Waals surface area contributed by atoms with Crippen molar-refractivity contribution >= 4 is 17.9 Å². The maximum atomic E-state index is 11.7. The minimum Gasteiger partial charge on any atom is -0.454 e. The number of nitrogens with zero attached hydrogens (tertiary/aromatic N) is 1. The summed E-state index contributed by atoms with van der Waals surface area (Å²) < 4.78 is 27.0. The van der Waals surface area contributed by atoms with Crippen LogP contribution in [0.1, 0.15) is 26.3 Å². The molecule has 4 unspecified atom stereocenters. The summed E-state index contributed by atoms with van der Waals surface area (Å²) in [4.78, 5) is 45.7. The predicted octanol–water partition coefficient (Wildman–Crippen LogP) is 1.00. The van der Waals surface area contributed by atoms with E-state index >= 15 is 0 Å². The number of hydrogen-bond acceptors (Lipinski definition) is 10. The molecule has 0 amide bonds. The second-order valence-electron chi connectivity index (χ2n) is 6.73. The molecule has 0 N–H and O–H groups in total. The molecule has 0 aromatic heterocycles. The van der Waals surface area contributed by atoms with Gasteiger partial charge in [-0.2, -0.15) is 0 Å². The molecule has 164 valence electrons. The van der Waals surface area contributed by atoms with Crippen LogP contribution in [0.4, 0.5) is 0 Å². The van der Waals surface area contributed by atoms with Crippen LogP contribution >= 0.6 is 0 Å². The Kier molecular flexibility index (Phi) is 7.84. The van der Waals surface area contributed by atoms with E-state index in [1.165, 1.54) is 0 Å². The Labute approximate surface area is 172 Å². The second kappa shape index (κ2) is 10.1. The third-order valence-corrected chi connectivity index (χ3v) is 4.17. The molecule has 0 radical (unpaired) electrons. The quantitative estimate of drug-likeness (QED) is 0.256. The van der Waals surface area contributed by atoms with Gasteiger partial charge in [0.1, 0.15) is 6.61 Å². The number of carbonyl (C=O) groups is 3. The summed E-state index contributed by atoms with van der Waals surface area (Å²) in [6, 6.07) is 9.01. The summed E-state index contributed by atoms with van der Waals surface area (Å²) in [7, 11) is 0. The molecule has 1 aliphatic rings. The maximum Gasteiger partial charge on any atom is 0.303 e. The molecule has 1 saturated heterocycles. The van der Waals surface area contributed by atoms with Gasteiger partial charge in [0.15, 0.2) is 18.5 Å². The first kappa shape index (κ1) is 23.2. The summed E-state index contributed by atoms with van der Waals surface area (Å²) >= 11 is 0. The third-order valence-electron chi connectivity index (χ3n) is 4.17. The fraction of sp³-hybridized carbons (Fsp3) is 0.526. The van der Waals surface area contributed by atoms with Crippen molar-refractivity contribution in [2.24, 2.45) is 0 Å². The fourth-order valence-corrected chi connectivity index (χ4v) is 3.16. The van der Waals surface area contributed by atoms with Gasteiger partial charge < -0.3 is 23.7 Å². The molecule has 1 aromatic rings. The van der Waals surface area contributed by atoms with Crippen LogP contribution in [0.25, 0.3) is 0 Å². The number of rotatable bonds is 8. The van der Waals surface area contributed by atoms with Crippen LogP contribution in [0, 0.1) is 10.1 Å². The standard InChI is InChI=1S/C19H23NO10/c1-12(21)28-16-17(29-13(2)22)19(10-20(24)25,30-14(3)23)11-27-18(16)26-9-15-7-5-4-6-8-15/h4-8,16-18H,9-11H2,1-3H3. The molecular weight excluding hydrogens is 402 g/mol. The molecule has 1 aliphatic heterocycles. The van der Waals surface area contributed by atoms with E-state index in [-0.39, 0.29) is 6.61 Å². The van der Waals surface area contributed by atoms with E-state index in [4.69, 9.17) is 23.7 Å². The number of benzene rings is 1. The van der Waals surface area contributed by atoms with Crippen LogP contribution in [0.2, 0.25) is 0 Å². The van der Waals surface area contributed by atoms with Crippen LogP contribution in [-0.4, -0.2) is 60.1 Å². The minimum absolute atomic E-state index is 0.0614. The Morgan fingerprint density at radius 1 is 1.10 bits per heavy atom. The first-order valence-electron chi connectivity index (χ1n) is 9.06. The van der Waals surface area contributed by atoms with Crippen molar-refractivity contribution in [2.45, 2.75) is 51.5 Å². The van der Waals surface area contributed by atoms with Gasteiger partial charge in [-0.05, 0) is 5.56 Å². The summed E-state index contributed by atoms with van der Waals surface area (Å²) in [6.45, 7) is 1.84. The lowest BCUT2D eigenvalue weighted by Gasteiger charge is -2.45. The van der Waals surface area contributed by atoms with Gasteiger partial charge >= 0.3 is 17.9 Å². The zero-order chi connectivity index (χ0) is 22.3. The van der Waals surface area contributed by atoms with Crippen molar-refractivity contribution in [1.29, 1.82) is 0 Å². The van der Waals surface area contributed by atoms with Gasteiger partial charge in [-0.25, -0.2) is 0 Å². The molecule has 1 aromatic carbocycles. The Morgan fingerprint density at radius 3 is 2.27 bits per heavy atom. The number of nitro groups is 1. The normalized spacial score (nSPS) is 25.8. The lowest BCUT2D eigenvalue weighted by Crippen LogP contribution is -2.67. The summed E-state index contributed by atoms with van der Waals surface area (Å²) in [5.41, 5.74) is -1.22. The highest BCUT2D eigenvalue weighted by Gasteiger charge is 2.60. The topological polar surface area (TPSA) is 141 Å². The van der Waals surface area contributed by atoms with E-state index in [1.807, 2.05) is 6.07 Å². The van der Waals surface area contributed by atoms with Crippen LogP contribution < -0.4 is 0 Å². The van der Waals surface area contributed by atoms with Gasteiger partial charge in [0.2, 0.25) is 12.1 Å². The summed E-state index contributed by atoms with van der Waals surface area (Å²) in [6.07, 6.45) is -4.17. The van der Waals surface area contributed by atoms with Crippen molar-refractivity contribution in [3.63, 3.8) is 0 Å². The summed E-state index contributed by atoms with van der Waals surface area (Å²) in [5, 5.41) is 11.3. The Morgan fingerprint density at radius 2 is 1.73 bits per heavy atom. The molecule has 11 nitrogen and oxygen atoms in total. The zero-order valence-corrected chi connectivity index (χ0v) is 16.8. The molecule has 4 atom stereocenters. The Bertz CT molecular complexity index is 765. The average molecular weight is 425 g/mol. The molecule has 30 heavy (non-hydrogen) atoms. The van der Waals surface area contributed by atoms with Gasteiger partial charge in [0.25, 0.3) is 0 Å². The van der Waals surface area contributed by atoms with Crippen LogP contribution in [-0.2, 0) is 44.7 Å². The number of hydrogen-bond donors (Lipinski definition) is 0. The van der Waals surface area contributed by atoms with Crippen molar-refractivity contribution in [2.75, 3.05) is 13.2 Å². The van der Waals surface area contributed by atoms with E-state index in [9.17, 15) is 24.5 Å². The third kappa shape index (κ3) is 6.22. The SMILES string of the molecule is CC(=O)OC1C(OCc2ccccc2)OCC(C[N+](=O)[O-])(OC(C)=O)C1OC(C)=O. The van der Waals surface area contributed by atoms with Gasteiger partial charge in [-0.1, -0.05) is 30.3 Å². The molecule has 1 heterocycles. The number of carbonyl (C=O) groups excluding carboxylic acids is 3. The monoisotopic (exact) mass is 425 g/mol. The van der Waals surface area contributed by atoms with E-state index in [0.29, 0.717) is 0 Å². The molecular formula is C19H23NO10. The van der Waals surface area contributed by atoms with Gasteiger partial charge in [0, 0.05) is 25.7 Å². The van der Waals surface area contributed by atoms with E-state index in [0.717, 1.165) is 26.3 Å². The highest BCUT2D eigenvalue weighted by molar-refractivity contribution is 5.69. The fourth-order valence-electron chi connectivity index (χ4n) is 3.16. The Hall–Kier alpha value is -3.05. The molecule has 0 aliphatic carbocycles. The highest BCUT2D eigenvalue weighted by atomic mass is 16.7. The van der Waals surface area contributed by atoms with Gasteiger partial charge in [-0.3, -0.25) is 24.5 Å². The lowest BCUT2D eigenvalue weighted by molar-refractivity contribution is -0.511. The molecule has 2 rings (SSSR count). The largest absolute Gasteiger partial charge is 0.454 e. The first-order valence-corrected chi connectivity index (χ1v) is 9.06. The average Bonchev–Trinajstić information content (AvgIpc) is 2.63. The van der Waals surface area contributed by atoms with Crippen molar-refractivity contribution < 1.29 is 43.0 Å². The van der Waals surface area contributed by atoms with Crippen LogP contribution in [0.5, 0.6) is 0 Å². The molecule has 0 bridgehead atoms.